The van der Waals surface area contributed by atoms with Crippen molar-refractivity contribution in [3.05, 3.63) is 96.3 Å². The molecule has 2 aromatic carbocycles. The van der Waals surface area contributed by atoms with Crippen molar-refractivity contribution in [1.82, 2.24) is 10.4 Å². The summed E-state index contributed by atoms with van der Waals surface area (Å²) in [5.41, 5.74) is 6.59. The van der Waals surface area contributed by atoms with E-state index in [1.165, 1.54) is 5.01 Å². The van der Waals surface area contributed by atoms with Gasteiger partial charge >= 0.3 is 0 Å². The normalized spacial score (nSPS) is 13.0. The average molecular weight is 354 g/mol. The van der Waals surface area contributed by atoms with Crippen LogP contribution in [0.5, 0.6) is 0 Å². The Morgan fingerprint density at radius 1 is 1.00 bits per heavy atom. The molecule has 4 rings (SSSR count). The molecule has 0 bridgehead atoms. The molecule has 0 saturated heterocycles. The number of aromatic nitrogens is 1. The molecule has 1 amide bonds. The van der Waals surface area contributed by atoms with Gasteiger partial charge in [-0.25, -0.2) is 10.0 Å². The van der Waals surface area contributed by atoms with Crippen molar-refractivity contribution >= 4 is 29.2 Å². The van der Waals surface area contributed by atoms with E-state index in [0.717, 1.165) is 11.1 Å². The zero-order chi connectivity index (χ0) is 18.5. The summed E-state index contributed by atoms with van der Waals surface area (Å²) >= 11 is 0. The van der Waals surface area contributed by atoms with E-state index in [0.29, 0.717) is 23.6 Å². The highest BCUT2D eigenvalue weighted by Gasteiger charge is 2.23. The van der Waals surface area contributed by atoms with Crippen molar-refractivity contribution in [1.29, 1.82) is 0 Å². The van der Waals surface area contributed by atoms with Gasteiger partial charge < -0.3 is 0 Å². The Morgan fingerprint density at radius 3 is 2.52 bits per heavy atom. The largest absolute Gasteiger partial charge is 0.277 e. The summed E-state index contributed by atoms with van der Waals surface area (Å²) in [5.74, 6) is 0.523. The highest BCUT2D eigenvalue weighted by molar-refractivity contribution is 6.09. The number of pyridine rings is 1. The molecule has 1 aliphatic rings. The molecule has 1 N–H and O–H groups in total. The van der Waals surface area contributed by atoms with E-state index in [-0.39, 0.29) is 5.91 Å². The number of nitrogens with one attached hydrogen (secondary N) is 1. The topological polar surface area (TPSA) is 57.6 Å². The van der Waals surface area contributed by atoms with E-state index >= 15 is 0 Å². The number of hydrazine groups is 1. The molecule has 5 nitrogen and oxygen atoms in total. The third-order valence-electron chi connectivity index (χ3n) is 4.17. The van der Waals surface area contributed by atoms with Gasteiger partial charge in [0.15, 0.2) is 0 Å². The second-order valence-corrected chi connectivity index (χ2v) is 6.11. The highest BCUT2D eigenvalue weighted by atomic mass is 16.2. The molecule has 0 atom stereocenters. The second kappa shape index (κ2) is 7.66. The number of amidine groups is 1. The Hall–Kier alpha value is -3.73. The van der Waals surface area contributed by atoms with Crippen molar-refractivity contribution in [2.45, 2.75) is 6.42 Å². The third-order valence-corrected chi connectivity index (χ3v) is 4.17. The Bertz CT molecular complexity index is 997. The first kappa shape index (κ1) is 16.7. The van der Waals surface area contributed by atoms with Gasteiger partial charge in [-0.2, -0.15) is 0 Å². The maximum atomic E-state index is 12.8. The standard InChI is InChI=1S/C22H18N4O/c27-22(12-11-17-7-3-1-4-8-17)26-20-13-14-23-16-19(20)24-21(25-26)15-18-9-5-2-6-10-18/h1-14,16H,15H2,(H,24,25). The van der Waals surface area contributed by atoms with E-state index in [1.54, 1.807) is 30.6 Å². The van der Waals surface area contributed by atoms with Crippen LogP contribution in [0, 0.1) is 0 Å². The fraction of sp³-hybridized carbons (Fsp3) is 0.0455. The third kappa shape index (κ3) is 3.93. The van der Waals surface area contributed by atoms with E-state index in [9.17, 15) is 4.79 Å². The summed E-state index contributed by atoms with van der Waals surface area (Å²) in [6, 6.07) is 21.5. The summed E-state index contributed by atoms with van der Waals surface area (Å²) in [6.45, 7) is 0. The van der Waals surface area contributed by atoms with Gasteiger partial charge in [-0.1, -0.05) is 60.7 Å². The number of rotatable bonds is 4. The molecule has 0 spiro atoms. The van der Waals surface area contributed by atoms with Crippen LogP contribution in [0.2, 0.25) is 0 Å². The van der Waals surface area contributed by atoms with Crippen LogP contribution in [0.3, 0.4) is 0 Å². The molecule has 132 valence electrons. The number of hydrogen-bond acceptors (Lipinski definition) is 4. The number of carbonyl (C=O) groups is 1. The van der Waals surface area contributed by atoms with E-state index in [1.807, 2.05) is 60.7 Å². The first-order valence-electron chi connectivity index (χ1n) is 8.69. The Labute approximate surface area is 157 Å². The average Bonchev–Trinajstić information content (AvgIpc) is 2.73. The molecule has 0 aliphatic carbocycles. The van der Waals surface area contributed by atoms with Crippen LogP contribution < -0.4 is 10.4 Å². The zero-order valence-corrected chi connectivity index (χ0v) is 14.6. The molecule has 3 aromatic rings. The van der Waals surface area contributed by atoms with Gasteiger partial charge in [0, 0.05) is 18.7 Å². The fourth-order valence-corrected chi connectivity index (χ4v) is 2.86. The molecule has 27 heavy (non-hydrogen) atoms. The number of fused-ring (bicyclic) bond motifs is 1. The Kier molecular flexibility index (Phi) is 4.74. The molecule has 0 fully saturated rings. The molecule has 0 saturated carbocycles. The number of benzene rings is 2. The smallest absolute Gasteiger partial charge is 0.269 e. The summed E-state index contributed by atoms with van der Waals surface area (Å²) in [5, 5.41) is 1.52. The molecular formula is C22H18N4O. The van der Waals surface area contributed by atoms with Crippen molar-refractivity contribution in [3.63, 3.8) is 0 Å². The fourth-order valence-electron chi connectivity index (χ4n) is 2.86. The first-order chi connectivity index (χ1) is 13.3. The maximum Gasteiger partial charge on any atom is 0.269 e. The van der Waals surface area contributed by atoms with Gasteiger partial charge in [0.25, 0.3) is 5.91 Å². The minimum atomic E-state index is -0.174. The zero-order valence-electron chi connectivity index (χ0n) is 14.6. The first-order valence-corrected chi connectivity index (χ1v) is 8.69. The molecule has 2 heterocycles. The van der Waals surface area contributed by atoms with E-state index < -0.39 is 0 Å². The molecule has 0 radical (unpaired) electrons. The summed E-state index contributed by atoms with van der Waals surface area (Å²) in [6.07, 6.45) is 7.27. The summed E-state index contributed by atoms with van der Waals surface area (Å²) in [7, 11) is 0. The Morgan fingerprint density at radius 2 is 1.74 bits per heavy atom. The molecular weight excluding hydrogens is 336 g/mol. The summed E-state index contributed by atoms with van der Waals surface area (Å²) < 4.78 is 0. The van der Waals surface area contributed by atoms with Crippen molar-refractivity contribution < 1.29 is 4.79 Å². The van der Waals surface area contributed by atoms with Gasteiger partial charge in [-0.05, 0) is 23.3 Å². The predicted molar refractivity (Wildman–Crippen MR) is 108 cm³/mol. The number of nitrogens with zero attached hydrogens (tertiary/aromatic N) is 3. The second-order valence-electron chi connectivity index (χ2n) is 6.11. The van der Waals surface area contributed by atoms with Crippen LogP contribution in [0.15, 0.2) is 90.2 Å². The van der Waals surface area contributed by atoms with Gasteiger partial charge in [0.05, 0.1) is 11.9 Å². The van der Waals surface area contributed by atoms with Crippen LogP contribution in [0.1, 0.15) is 11.1 Å². The van der Waals surface area contributed by atoms with Crippen LogP contribution in [-0.4, -0.2) is 16.7 Å². The van der Waals surface area contributed by atoms with Crippen LogP contribution in [0.4, 0.5) is 11.4 Å². The van der Waals surface area contributed by atoms with Gasteiger partial charge in [-0.15, -0.1) is 0 Å². The lowest BCUT2D eigenvalue weighted by Crippen LogP contribution is -2.48. The van der Waals surface area contributed by atoms with Gasteiger partial charge in [-0.3, -0.25) is 15.2 Å². The van der Waals surface area contributed by atoms with Crippen molar-refractivity contribution in [2.75, 3.05) is 5.01 Å². The molecule has 5 heteroatoms. The predicted octanol–water partition coefficient (Wildman–Crippen LogP) is 3.92. The van der Waals surface area contributed by atoms with Gasteiger partial charge in [0.1, 0.15) is 11.5 Å². The minimum absolute atomic E-state index is 0.174. The lowest BCUT2D eigenvalue weighted by atomic mass is 10.1. The number of anilines is 1. The number of amides is 1. The molecule has 1 aromatic heterocycles. The van der Waals surface area contributed by atoms with Crippen LogP contribution in [0.25, 0.3) is 6.08 Å². The monoisotopic (exact) mass is 354 g/mol. The lowest BCUT2D eigenvalue weighted by Gasteiger charge is -2.29. The highest BCUT2D eigenvalue weighted by Crippen LogP contribution is 2.30. The number of carbonyl (C=O) groups excluding carboxylic acids is 1. The van der Waals surface area contributed by atoms with Crippen LogP contribution in [-0.2, 0) is 11.2 Å². The summed E-state index contributed by atoms with van der Waals surface area (Å²) in [4.78, 5) is 21.6. The van der Waals surface area contributed by atoms with Gasteiger partial charge in [0.2, 0.25) is 0 Å². The quantitative estimate of drug-likeness (QED) is 0.723. The van der Waals surface area contributed by atoms with Crippen LogP contribution >= 0.6 is 0 Å². The SMILES string of the molecule is O=C(C=Cc1ccccc1)N1NC(Cc2ccccc2)=Nc2cnccc21. The van der Waals surface area contributed by atoms with E-state index in [2.05, 4.69) is 15.4 Å². The van der Waals surface area contributed by atoms with Crippen molar-refractivity contribution in [3.8, 4) is 0 Å². The molecule has 1 aliphatic heterocycles. The Balaban J connectivity index is 1.60. The number of hydrogen-bond donors (Lipinski definition) is 1. The van der Waals surface area contributed by atoms with E-state index in [4.69, 9.17) is 0 Å². The molecule has 0 unspecified atom stereocenters. The van der Waals surface area contributed by atoms with Crippen molar-refractivity contribution in [2.24, 2.45) is 4.99 Å². The lowest BCUT2D eigenvalue weighted by molar-refractivity contribution is -0.114. The minimum Gasteiger partial charge on any atom is -0.277 e. The number of aliphatic imine (C=N–C) groups is 1. The maximum absolute atomic E-state index is 12.8.